The first-order valence-electron chi connectivity index (χ1n) is 7.69. The highest BCUT2D eigenvalue weighted by molar-refractivity contribution is 5.55. The van der Waals surface area contributed by atoms with Crippen molar-refractivity contribution >= 4 is 11.8 Å². The maximum absolute atomic E-state index is 5.91. The van der Waals surface area contributed by atoms with Crippen molar-refractivity contribution in [2.24, 2.45) is 11.3 Å². The van der Waals surface area contributed by atoms with E-state index in [4.69, 9.17) is 15.2 Å². The van der Waals surface area contributed by atoms with Crippen LogP contribution >= 0.6 is 0 Å². The Morgan fingerprint density at radius 1 is 1.43 bits per heavy atom. The van der Waals surface area contributed by atoms with E-state index in [-0.39, 0.29) is 5.41 Å². The fourth-order valence-corrected chi connectivity index (χ4v) is 4.18. The van der Waals surface area contributed by atoms with Crippen LogP contribution < -0.4 is 10.6 Å². The molecular formula is C15H22N4O2. The van der Waals surface area contributed by atoms with Crippen LogP contribution in [0.2, 0.25) is 0 Å². The first-order valence-corrected chi connectivity index (χ1v) is 7.69. The largest absolute Gasteiger partial charge is 0.384 e. The lowest BCUT2D eigenvalue weighted by molar-refractivity contribution is 0.0660. The molecule has 2 atom stereocenters. The lowest BCUT2D eigenvalue weighted by Gasteiger charge is -2.27. The van der Waals surface area contributed by atoms with E-state index in [2.05, 4.69) is 14.9 Å². The Balaban J connectivity index is 1.67. The van der Waals surface area contributed by atoms with Gasteiger partial charge < -0.3 is 20.1 Å². The molecule has 2 N–H and O–H groups in total. The van der Waals surface area contributed by atoms with E-state index in [0.717, 1.165) is 63.7 Å². The number of aryl methyl sites for hydroxylation is 1. The minimum absolute atomic E-state index is 0.111. The van der Waals surface area contributed by atoms with Crippen molar-refractivity contribution < 1.29 is 9.47 Å². The molecule has 0 saturated carbocycles. The summed E-state index contributed by atoms with van der Waals surface area (Å²) in [5.74, 6) is 1.98. The van der Waals surface area contributed by atoms with Gasteiger partial charge in [0.2, 0.25) is 5.95 Å². The summed E-state index contributed by atoms with van der Waals surface area (Å²) >= 11 is 0. The topological polar surface area (TPSA) is 73.5 Å². The molecule has 0 spiro atoms. The van der Waals surface area contributed by atoms with Crippen LogP contribution in [0, 0.1) is 11.3 Å². The van der Waals surface area contributed by atoms with Gasteiger partial charge in [0, 0.05) is 37.1 Å². The molecule has 0 radical (unpaired) electrons. The number of fused-ring (bicyclic) bond motifs is 2. The Kier molecular flexibility index (Phi) is 3.04. The van der Waals surface area contributed by atoms with Crippen LogP contribution in [-0.4, -0.2) is 50.0 Å². The monoisotopic (exact) mass is 290 g/mol. The molecular weight excluding hydrogens is 268 g/mol. The SMILES string of the molecule is COC[C@@]12COC[C@@H]1CN(c1nc(N)nc3c1CCC3)C2. The third kappa shape index (κ3) is 2.00. The van der Waals surface area contributed by atoms with E-state index >= 15 is 0 Å². The molecule has 1 aromatic rings. The van der Waals surface area contributed by atoms with E-state index in [1.165, 1.54) is 5.56 Å². The highest BCUT2D eigenvalue weighted by atomic mass is 16.5. The van der Waals surface area contributed by atoms with Crippen LogP contribution in [0.1, 0.15) is 17.7 Å². The highest BCUT2D eigenvalue weighted by Crippen LogP contribution is 2.44. The minimum atomic E-state index is 0.111. The third-order valence-corrected chi connectivity index (χ3v) is 5.18. The van der Waals surface area contributed by atoms with Crippen molar-refractivity contribution in [1.82, 2.24) is 9.97 Å². The third-order valence-electron chi connectivity index (χ3n) is 5.18. The molecule has 0 unspecified atom stereocenters. The molecule has 0 amide bonds. The fraction of sp³-hybridized carbons (Fsp3) is 0.733. The van der Waals surface area contributed by atoms with Gasteiger partial charge in [0.1, 0.15) is 5.82 Å². The Morgan fingerprint density at radius 2 is 2.33 bits per heavy atom. The van der Waals surface area contributed by atoms with Gasteiger partial charge in [-0.2, -0.15) is 4.98 Å². The van der Waals surface area contributed by atoms with Gasteiger partial charge in [-0.05, 0) is 19.3 Å². The maximum atomic E-state index is 5.91. The molecule has 3 heterocycles. The van der Waals surface area contributed by atoms with E-state index in [0.29, 0.717) is 11.9 Å². The molecule has 21 heavy (non-hydrogen) atoms. The number of anilines is 2. The maximum Gasteiger partial charge on any atom is 0.222 e. The Bertz CT molecular complexity index is 565. The fourth-order valence-electron chi connectivity index (χ4n) is 4.18. The van der Waals surface area contributed by atoms with Crippen molar-refractivity contribution in [3.63, 3.8) is 0 Å². The molecule has 0 bridgehead atoms. The zero-order chi connectivity index (χ0) is 14.4. The molecule has 6 heteroatoms. The summed E-state index contributed by atoms with van der Waals surface area (Å²) in [6, 6.07) is 0. The summed E-state index contributed by atoms with van der Waals surface area (Å²) < 4.78 is 11.2. The summed E-state index contributed by atoms with van der Waals surface area (Å²) in [7, 11) is 1.77. The first-order chi connectivity index (χ1) is 10.2. The van der Waals surface area contributed by atoms with Crippen molar-refractivity contribution in [3.8, 4) is 0 Å². The molecule has 3 aliphatic rings. The van der Waals surface area contributed by atoms with Crippen molar-refractivity contribution in [2.45, 2.75) is 19.3 Å². The number of methoxy groups -OCH3 is 1. The molecule has 0 aromatic carbocycles. The van der Waals surface area contributed by atoms with Gasteiger partial charge in [0.25, 0.3) is 0 Å². The standard InChI is InChI=1S/C15H22N4O2/c1-20-8-15-7-19(5-10(15)6-21-9-15)13-11-3-2-4-12(11)17-14(16)18-13/h10H,2-9H2,1H3,(H2,16,17,18)/t10-,15-/m0/s1. The number of aromatic nitrogens is 2. The molecule has 2 saturated heterocycles. The van der Waals surface area contributed by atoms with Crippen molar-refractivity contribution in [2.75, 3.05) is 50.7 Å². The molecule has 114 valence electrons. The summed E-state index contributed by atoms with van der Waals surface area (Å²) in [6.45, 7) is 4.27. The van der Waals surface area contributed by atoms with E-state index < -0.39 is 0 Å². The second-order valence-corrected chi connectivity index (χ2v) is 6.57. The lowest BCUT2D eigenvalue weighted by Crippen LogP contribution is -2.35. The van der Waals surface area contributed by atoms with Gasteiger partial charge in [0.15, 0.2) is 0 Å². The Labute approximate surface area is 124 Å². The van der Waals surface area contributed by atoms with Gasteiger partial charge in [-0.3, -0.25) is 0 Å². The number of rotatable bonds is 3. The zero-order valence-electron chi connectivity index (χ0n) is 12.5. The predicted octanol–water partition coefficient (Wildman–Crippen LogP) is 0.647. The van der Waals surface area contributed by atoms with Gasteiger partial charge in [-0.15, -0.1) is 0 Å². The molecule has 6 nitrogen and oxygen atoms in total. The van der Waals surface area contributed by atoms with Crippen LogP contribution in [0.5, 0.6) is 0 Å². The average Bonchev–Trinajstić information content (AvgIpc) is 3.10. The second-order valence-electron chi connectivity index (χ2n) is 6.57. The molecule has 1 aliphatic carbocycles. The smallest absolute Gasteiger partial charge is 0.222 e. The molecule has 1 aromatic heterocycles. The molecule has 2 fully saturated rings. The second kappa shape index (κ2) is 4.81. The minimum Gasteiger partial charge on any atom is -0.384 e. The molecule has 4 rings (SSSR count). The number of nitrogens with two attached hydrogens (primary N) is 1. The Morgan fingerprint density at radius 3 is 3.19 bits per heavy atom. The van der Waals surface area contributed by atoms with Crippen LogP contribution in [0.25, 0.3) is 0 Å². The highest BCUT2D eigenvalue weighted by Gasteiger charge is 2.51. The number of ether oxygens (including phenoxy) is 2. The van der Waals surface area contributed by atoms with Crippen LogP contribution in [0.4, 0.5) is 11.8 Å². The number of nitrogens with zero attached hydrogens (tertiary/aromatic N) is 3. The van der Waals surface area contributed by atoms with Gasteiger partial charge >= 0.3 is 0 Å². The number of hydrogen-bond donors (Lipinski definition) is 1. The number of nitrogen functional groups attached to an aromatic ring is 1. The Hall–Kier alpha value is -1.40. The quantitative estimate of drug-likeness (QED) is 0.881. The summed E-state index contributed by atoms with van der Waals surface area (Å²) in [5.41, 5.74) is 8.47. The lowest BCUT2D eigenvalue weighted by atomic mass is 9.82. The summed E-state index contributed by atoms with van der Waals surface area (Å²) in [5, 5.41) is 0. The predicted molar refractivity (Wildman–Crippen MR) is 79.3 cm³/mol. The van der Waals surface area contributed by atoms with E-state index in [1.807, 2.05) is 0 Å². The average molecular weight is 290 g/mol. The van der Waals surface area contributed by atoms with Crippen LogP contribution in [0.3, 0.4) is 0 Å². The normalized spacial score (nSPS) is 30.7. The molecule has 2 aliphatic heterocycles. The van der Waals surface area contributed by atoms with Crippen LogP contribution in [0.15, 0.2) is 0 Å². The first kappa shape index (κ1) is 13.3. The zero-order valence-corrected chi connectivity index (χ0v) is 12.5. The van der Waals surface area contributed by atoms with E-state index in [9.17, 15) is 0 Å². The van der Waals surface area contributed by atoms with Gasteiger partial charge in [0.05, 0.1) is 25.5 Å². The van der Waals surface area contributed by atoms with E-state index in [1.54, 1.807) is 7.11 Å². The summed E-state index contributed by atoms with van der Waals surface area (Å²) in [6.07, 6.45) is 3.25. The van der Waals surface area contributed by atoms with Gasteiger partial charge in [-0.1, -0.05) is 0 Å². The van der Waals surface area contributed by atoms with Crippen molar-refractivity contribution in [1.29, 1.82) is 0 Å². The van der Waals surface area contributed by atoms with Gasteiger partial charge in [-0.25, -0.2) is 4.98 Å². The number of hydrogen-bond acceptors (Lipinski definition) is 6. The van der Waals surface area contributed by atoms with Crippen LogP contribution in [-0.2, 0) is 22.3 Å². The summed E-state index contributed by atoms with van der Waals surface area (Å²) in [4.78, 5) is 11.3. The van der Waals surface area contributed by atoms with Crippen molar-refractivity contribution in [3.05, 3.63) is 11.3 Å².